The lowest BCUT2D eigenvalue weighted by Gasteiger charge is -2.40. The van der Waals surface area contributed by atoms with Crippen molar-refractivity contribution in [2.24, 2.45) is 35.5 Å². The van der Waals surface area contributed by atoms with E-state index in [0.717, 1.165) is 31.4 Å². The second-order valence-corrected chi connectivity index (χ2v) is 23.9. The summed E-state index contributed by atoms with van der Waals surface area (Å²) in [7, 11) is 4.53. The summed E-state index contributed by atoms with van der Waals surface area (Å²) in [6.45, 7) is 15.6. The van der Waals surface area contributed by atoms with Crippen LogP contribution in [0.2, 0.25) is 0 Å². The Bertz CT molecular complexity index is 2330. The van der Waals surface area contributed by atoms with Gasteiger partial charge in [0.1, 0.15) is 11.6 Å². The summed E-state index contributed by atoms with van der Waals surface area (Å²) >= 11 is 0. The Balaban J connectivity index is 0.00000111. The quantitative estimate of drug-likeness (QED) is 0.0204. The van der Waals surface area contributed by atoms with Gasteiger partial charge in [0, 0.05) is 103 Å². The third-order valence-corrected chi connectivity index (χ3v) is 16.4. The van der Waals surface area contributed by atoms with Crippen LogP contribution in [-0.4, -0.2) is 181 Å². The molecule has 1 heterocycles. The van der Waals surface area contributed by atoms with Gasteiger partial charge in [-0.15, -0.1) is 0 Å². The van der Waals surface area contributed by atoms with E-state index in [1.807, 2.05) is 75.8 Å². The van der Waals surface area contributed by atoms with Crippen LogP contribution in [0.4, 0.5) is 0 Å². The van der Waals surface area contributed by atoms with Crippen LogP contribution in [-0.2, 0) is 73.1 Å². The van der Waals surface area contributed by atoms with Gasteiger partial charge in [-0.1, -0.05) is 85.2 Å². The molecule has 0 saturated carbocycles. The number of likely N-dealkylation sites (tertiary alicyclic amines) is 1. The smallest absolute Gasteiger partial charge is 0.328 e. The number of carbonyl (C=O) groups excluding carboxylic acids is 7. The van der Waals surface area contributed by atoms with E-state index in [1.165, 1.54) is 26.0 Å². The first-order valence-corrected chi connectivity index (χ1v) is 29.6. The molecular formula is C57H92N7O17P. The summed E-state index contributed by atoms with van der Waals surface area (Å²) in [6, 6.07) is 8.45. The first-order chi connectivity index (χ1) is 38.4. The van der Waals surface area contributed by atoms with Crippen LogP contribution in [0.3, 0.4) is 0 Å². The molecule has 4 amide bonds. The summed E-state index contributed by atoms with van der Waals surface area (Å²) in [4.78, 5) is 128. The molecule has 0 unspecified atom stereocenters. The van der Waals surface area contributed by atoms with Crippen molar-refractivity contribution in [3.8, 4) is 0 Å². The maximum absolute atomic E-state index is 14.0. The second kappa shape index (κ2) is 38.0. The highest BCUT2D eigenvalue weighted by Gasteiger charge is 2.40. The van der Waals surface area contributed by atoms with Gasteiger partial charge >= 0.3 is 17.9 Å². The van der Waals surface area contributed by atoms with E-state index in [0.29, 0.717) is 30.7 Å². The second-order valence-electron chi connectivity index (χ2n) is 21.5. The number of aliphatic carboxylic acids is 3. The molecule has 1 fully saturated rings. The van der Waals surface area contributed by atoms with Gasteiger partial charge in [0.2, 0.25) is 19.3 Å². The number of nitrogens with zero attached hydrogens (tertiary/aromatic N) is 3. The minimum Gasteiger partial charge on any atom is -0.481 e. The number of hydrazine groups is 2. The van der Waals surface area contributed by atoms with Crippen molar-refractivity contribution in [2.75, 3.05) is 61.3 Å². The first-order valence-electron chi connectivity index (χ1n) is 27.7. The molecule has 0 spiro atoms. The summed E-state index contributed by atoms with van der Waals surface area (Å²) in [5.41, 5.74) is 5.00. The fourth-order valence-corrected chi connectivity index (χ4v) is 11.3. The molecule has 1 aromatic rings. The Morgan fingerprint density at radius 2 is 1.34 bits per heavy atom. The minimum atomic E-state index is -3.86. The van der Waals surface area contributed by atoms with E-state index in [1.54, 1.807) is 32.9 Å². The highest BCUT2D eigenvalue weighted by atomic mass is 31.2. The van der Waals surface area contributed by atoms with Gasteiger partial charge in [-0.05, 0) is 69.5 Å². The lowest BCUT2D eigenvalue weighted by molar-refractivity contribution is -0.147. The van der Waals surface area contributed by atoms with Gasteiger partial charge in [-0.25, -0.2) is 9.59 Å². The first kappa shape index (κ1) is 74.0. The lowest BCUT2D eigenvalue weighted by Crippen LogP contribution is -2.53. The molecule has 24 nitrogen and oxygen atoms in total. The van der Waals surface area contributed by atoms with Crippen molar-refractivity contribution in [3.63, 3.8) is 0 Å². The third kappa shape index (κ3) is 26.5. The van der Waals surface area contributed by atoms with Gasteiger partial charge in [0.05, 0.1) is 43.2 Å². The van der Waals surface area contributed by atoms with Gasteiger partial charge in [-0.3, -0.25) is 53.8 Å². The third-order valence-electron chi connectivity index (χ3n) is 14.6. The zero-order valence-corrected chi connectivity index (χ0v) is 51.0. The van der Waals surface area contributed by atoms with Gasteiger partial charge < -0.3 is 44.2 Å². The number of rotatable bonds is 38. The Morgan fingerprint density at radius 3 is 1.79 bits per heavy atom. The number of ketones is 3. The standard InChI is InChI=1S/C37H63N6O13P.C20H29NO4/c1-11-25(6)36(29(55-10)21-26(7)44)43(9)37(53)27(23(2)3)22-28(45)35(24(4)5)42(8)32(48)17-19-56-18-12-20-57(54,40-38-30(46)13-15-33(49)50)41-39-31(47)14-16-34(51)52;1-14(19(25-3)17-10-7-11-21(17)2)18(22)13-16(20(23)24)12-15-8-5-4-6-9-15/h13-16,23-25,27,29,35-36H,11-12,17-22H2,1-10H3,(H,38,46)(H,39,47)(H,49,50)(H,51,52)(H2,40,41,54);4-6,8-9,14,16-17,19H,7,10-13H2,1-3H3,(H,23,24)/b15-13-,16-14-;/t25-,27-,29+,35-,36-;14-,16+,17-,19+/m00/s1. The number of carbonyl (C=O) groups is 10. The van der Waals surface area contributed by atoms with E-state index in [-0.39, 0.29) is 116 Å². The maximum atomic E-state index is 14.0. The molecule has 0 aromatic heterocycles. The molecule has 2 rings (SSSR count). The Labute approximate surface area is 483 Å². The van der Waals surface area contributed by atoms with E-state index in [9.17, 15) is 57.6 Å². The number of carboxylic acids is 3. The normalized spacial score (nSPS) is 16.7. The summed E-state index contributed by atoms with van der Waals surface area (Å²) in [5.74, 6) is -8.87. The number of nitrogens with one attached hydrogen (secondary N) is 4. The van der Waals surface area contributed by atoms with Crippen molar-refractivity contribution < 1.29 is 82.0 Å². The Kier molecular flexibility index (Phi) is 34.3. The molecule has 1 aromatic carbocycles. The molecule has 1 saturated heterocycles. The van der Waals surface area contributed by atoms with Crippen LogP contribution in [0.15, 0.2) is 54.6 Å². The Hall–Kier alpha value is -6.01. The van der Waals surface area contributed by atoms with Crippen LogP contribution in [0, 0.1) is 35.5 Å². The van der Waals surface area contributed by atoms with Crippen molar-refractivity contribution in [2.45, 2.75) is 144 Å². The number of hydrogen-bond donors (Lipinski definition) is 7. The van der Waals surface area contributed by atoms with Crippen LogP contribution in [0.1, 0.15) is 112 Å². The molecule has 462 valence electrons. The number of carboxylic acid groups (broad SMARTS) is 3. The van der Waals surface area contributed by atoms with Crippen LogP contribution >= 0.6 is 7.44 Å². The molecule has 0 bridgehead atoms. The number of hydrogen-bond acceptors (Lipinski definition) is 15. The van der Waals surface area contributed by atoms with Gasteiger partial charge in [0.15, 0.2) is 5.78 Å². The van der Waals surface area contributed by atoms with E-state index < -0.39 is 67.2 Å². The van der Waals surface area contributed by atoms with Crippen molar-refractivity contribution in [3.05, 3.63) is 60.2 Å². The zero-order chi connectivity index (χ0) is 62.4. The van der Waals surface area contributed by atoms with E-state index in [4.69, 9.17) is 24.4 Å². The van der Waals surface area contributed by atoms with Gasteiger partial charge in [0.25, 0.3) is 11.8 Å². The number of likely N-dealkylation sites (N-methyl/N-ethyl adjacent to an activating group) is 3. The molecule has 1 aliphatic rings. The molecule has 9 atom stereocenters. The fraction of sp³-hybridized carbons (Fsp3) is 0.649. The molecular weight excluding hydrogens is 1090 g/mol. The maximum Gasteiger partial charge on any atom is 0.328 e. The number of amides is 4. The van der Waals surface area contributed by atoms with Crippen LogP contribution in [0.25, 0.3) is 0 Å². The molecule has 0 radical (unpaired) electrons. The average Bonchev–Trinajstić information content (AvgIpc) is 3.87. The SMILES string of the molecule is CC[C@H](C)[C@@H]([C@@H](CC(C)=O)OC)N(C)C(=O)[C@@H](CC(=O)[C@H](C(C)C)N(C)C(=O)CCOCCCP(=O)(NNC(=O)/C=C\C(=O)O)NNC(=O)/C=C\C(=O)O)C(C)C.CO[C@H]([C@@H](C)C(=O)C[C@@H](Cc1ccccc1)C(=O)O)[C@@H]1CCCN1C. The molecule has 82 heavy (non-hydrogen) atoms. The Morgan fingerprint density at radius 1 is 0.768 bits per heavy atom. The van der Waals surface area contributed by atoms with Crippen LogP contribution in [0.5, 0.6) is 0 Å². The average molecular weight is 1180 g/mol. The number of methoxy groups -OCH3 is 2. The van der Waals surface area contributed by atoms with Crippen molar-refractivity contribution in [1.82, 2.24) is 35.9 Å². The monoisotopic (exact) mass is 1180 g/mol. The minimum absolute atomic E-state index is 0.00314. The summed E-state index contributed by atoms with van der Waals surface area (Å²) in [5, 5.41) is 31.3. The highest BCUT2D eigenvalue weighted by Crippen LogP contribution is 2.35. The zero-order valence-electron chi connectivity index (χ0n) is 50.1. The molecule has 1 aliphatic heterocycles. The summed E-state index contributed by atoms with van der Waals surface area (Å²) < 4.78 is 30.3. The van der Waals surface area contributed by atoms with Crippen molar-refractivity contribution >= 4 is 66.3 Å². The fourth-order valence-electron chi connectivity index (χ4n) is 9.85. The predicted molar refractivity (Wildman–Crippen MR) is 307 cm³/mol. The van der Waals surface area contributed by atoms with E-state index >= 15 is 0 Å². The highest BCUT2D eigenvalue weighted by molar-refractivity contribution is 7.59. The number of Topliss-reactive ketones (excluding diaryl/α,β-unsaturated/α-hetero) is 3. The van der Waals surface area contributed by atoms with Crippen LogP contribution < -0.4 is 21.2 Å². The van der Waals surface area contributed by atoms with Gasteiger partial charge in [-0.2, -0.15) is 10.4 Å². The molecule has 0 aliphatic carbocycles. The molecule has 7 N–H and O–H groups in total. The van der Waals surface area contributed by atoms with E-state index in [2.05, 4.69) is 22.3 Å². The topological polar surface area (TPSA) is 334 Å². The molecule has 25 heteroatoms. The predicted octanol–water partition coefficient (Wildman–Crippen LogP) is 4.72. The summed E-state index contributed by atoms with van der Waals surface area (Å²) in [6.07, 6.45) is 4.69. The number of ether oxygens (including phenoxy) is 3. The number of benzene rings is 1. The van der Waals surface area contributed by atoms with Crippen molar-refractivity contribution in [1.29, 1.82) is 0 Å². The lowest BCUT2D eigenvalue weighted by atomic mass is 9.83. The largest absolute Gasteiger partial charge is 0.481 e.